The van der Waals surface area contributed by atoms with Crippen molar-refractivity contribution in [1.82, 2.24) is 15.1 Å². The predicted octanol–water partition coefficient (Wildman–Crippen LogP) is 4.26. The summed E-state index contributed by atoms with van der Waals surface area (Å²) in [5, 5.41) is 7.76. The van der Waals surface area contributed by atoms with Crippen LogP contribution < -0.4 is 5.32 Å². The van der Waals surface area contributed by atoms with Gasteiger partial charge in [-0.15, -0.1) is 0 Å². The molecule has 1 N–H and O–H groups in total. The van der Waals surface area contributed by atoms with E-state index in [0.29, 0.717) is 18.0 Å². The zero-order valence-corrected chi connectivity index (χ0v) is 14.2. The van der Waals surface area contributed by atoms with Crippen LogP contribution >= 0.6 is 15.9 Å². The minimum Gasteiger partial charge on any atom is -0.313 e. The van der Waals surface area contributed by atoms with Crippen molar-refractivity contribution in [2.75, 3.05) is 7.05 Å². The Bertz CT molecular complexity index is 597. The average molecular weight is 354 g/mol. The Morgan fingerprint density at radius 3 is 2.76 bits per heavy atom. The van der Waals surface area contributed by atoms with Gasteiger partial charge in [-0.05, 0) is 38.6 Å². The van der Waals surface area contributed by atoms with Crippen LogP contribution in [0.25, 0.3) is 0 Å². The van der Waals surface area contributed by atoms with Gasteiger partial charge < -0.3 is 5.32 Å². The molecule has 0 amide bonds. The second kappa shape index (κ2) is 7.18. The molecule has 0 aliphatic carbocycles. The normalized spacial score (nSPS) is 14.1. The van der Waals surface area contributed by atoms with Crippen LogP contribution in [0, 0.1) is 5.82 Å². The highest BCUT2D eigenvalue weighted by molar-refractivity contribution is 9.10. The lowest BCUT2D eigenvalue weighted by atomic mass is 10.0. The molecule has 0 radical (unpaired) electrons. The number of halogens is 2. The Morgan fingerprint density at radius 1 is 1.38 bits per heavy atom. The lowest BCUT2D eigenvalue weighted by Gasteiger charge is -2.16. The van der Waals surface area contributed by atoms with E-state index >= 15 is 0 Å². The number of hydrogen-bond donors (Lipinski definition) is 1. The van der Waals surface area contributed by atoms with Gasteiger partial charge in [0.25, 0.3) is 0 Å². The number of nitrogens with one attached hydrogen (secondary N) is 1. The van der Waals surface area contributed by atoms with E-state index in [-0.39, 0.29) is 11.9 Å². The molecule has 0 saturated heterocycles. The standard InChI is InChI=1S/C16H21BrFN3/c1-4-11(2)21-8-7-13(20-21)10-16(19-3)14-6-5-12(17)9-15(14)18/h5-9,11,16,19H,4,10H2,1-3H3. The minimum atomic E-state index is -0.204. The van der Waals surface area contributed by atoms with Crippen molar-refractivity contribution in [2.45, 2.75) is 38.8 Å². The van der Waals surface area contributed by atoms with Gasteiger partial charge in [0.1, 0.15) is 5.82 Å². The summed E-state index contributed by atoms with van der Waals surface area (Å²) >= 11 is 3.29. The molecule has 2 unspecified atom stereocenters. The van der Waals surface area contributed by atoms with Crippen molar-refractivity contribution >= 4 is 15.9 Å². The van der Waals surface area contributed by atoms with Crippen LogP contribution in [0.3, 0.4) is 0 Å². The van der Waals surface area contributed by atoms with Crippen molar-refractivity contribution in [3.8, 4) is 0 Å². The van der Waals surface area contributed by atoms with Gasteiger partial charge >= 0.3 is 0 Å². The Labute approximate surface area is 133 Å². The molecule has 0 spiro atoms. The fourth-order valence-corrected chi connectivity index (χ4v) is 2.61. The first-order chi connectivity index (χ1) is 10.0. The fraction of sp³-hybridized carbons (Fsp3) is 0.438. The van der Waals surface area contributed by atoms with Crippen molar-refractivity contribution < 1.29 is 4.39 Å². The first-order valence-corrected chi connectivity index (χ1v) is 8.00. The maximum Gasteiger partial charge on any atom is 0.129 e. The van der Waals surface area contributed by atoms with Crippen LogP contribution in [0.15, 0.2) is 34.9 Å². The van der Waals surface area contributed by atoms with E-state index < -0.39 is 0 Å². The lowest BCUT2D eigenvalue weighted by molar-refractivity contribution is 0.467. The number of hydrogen-bond acceptors (Lipinski definition) is 2. The third kappa shape index (κ3) is 3.92. The summed E-state index contributed by atoms with van der Waals surface area (Å²) < 4.78 is 16.8. The topological polar surface area (TPSA) is 29.9 Å². The molecule has 0 aliphatic heterocycles. The number of benzene rings is 1. The molecule has 2 aromatic rings. The molecule has 1 aromatic carbocycles. The van der Waals surface area contributed by atoms with E-state index in [0.717, 1.165) is 16.6 Å². The van der Waals surface area contributed by atoms with Gasteiger partial charge in [-0.3, -0.25) is 4.68 Å². The Hall–Kier alpha value is -1.20. The second-order valence-electron chi connectivity index (χ2n) is 5.26. The van der Waals surface area contributed by atoms with Crippen LogP contribution in [-0.4, -0.2) is 16.8 Å². The van der Waals surface area contributed by atoms with Crippen LogP contribution in [-0.2, 0) is 6.42 Å². The highest BCUT2D eigenvalue weighted by Gasteiger charge is 2.16. The molecule has 1 aromatic heterocycles. The fourth-order valence-electron chi connectivity index (χ4n) is 2.28. The maximum absolute atomic E-state index is 14.1. The van der Waals surface area contributed by atoms with Gasteiger partial charge in [0, 0.05) is 34.7 Å². The molecular formula is C16H21BrFN3. The Morgan fingerprint density at radius 2 is 2.14 bits per heavy atom. The molecule has 2 rings (SSSR count). The molecule has 1 heterocycles. The first-order valence-electron chi connectivity index (χ1n) is 7.21. The summed E-state index contributed by atoms with van der Waals surface area (Å²) in [6.45, 7) is 4.28. The molecular weight excluding hydrogens is 333 g/mol. The summed E-state index contributed by atoms with van der Waals surface area (Å²) in [4.78, 5) is 0. The van der Waals surface area contributed by atoms with Gasteiger partial charge in [-0.1, -0.05) is 28.9 Å². The molecule has 2 atom stereocenters. The van der Waals surface area contributed by atoms with Gasteiger partial charge in [-0.2, -0.15) is 5.10 Å². The summed E-state index contributed by atoms with van der Waals surface area (Å²) in [7, 11) is 1.85. The summed E-state index contributed by atoms with van der Waals surface area (Å²) in [5.74, 6) is -0.204. The van der Waals surface area contributed by atoms with Crippen LogP contribution in [0.2, 0.25) is 0 Å². The summed E-state index contributed by atoms with van der Waals surface area (Å²) in [6.07, 6.45) is 3.70. The monoisotopic (exact) mass is 353 g/mol. The predicted molar refractivity (Wildman–Crippen MR) is 86.8 cm³/mol. The highest BCUT2D eigenvalue weighted by Crippen LogP contribution is 2.23. The Kier molecular flexibility index (Phi) is 5.53. The molecule has 0 saturated carbocycles. The number of rotatable bonds is 6. The quantitative estimate of drug-likeness (QED) is 0.840. The number of aromatic nitrogens is 2. The van der Waals surface area contributed by atoms with Crippen molar-refractivity contribution in [2.24, 2.45) is 0 Å². The largest absolute Gasteiger partial charge is 0.313 e. The minimum absolute atomic E-state index is 0.0848. The van der Waals surface area contributed by atoms with E-state index in [2.05, 4.69) is 40.2 Å². The second-order valence-corrected chi connectivity index (χ2v) is 6.17. The molecule has 21 heavy (non-hydrogen) atoms. The molecule has 0 fully saturated rings. The number of nitrogens with zero attached hydrogens (tertiary/aromatic N) is 2. The molecule has 5 heteroatoms. The van der Waals surface area contributed by atoms with Crippen molar-refractivity contribution in [3.63, 3.8) is 0 Å². The molecule has 114 valence electrons. The third-order valence-corrected chi connectivity index (χ3v) is 4.30. The average Bonchev–Trinajstić information content (AvgIpc) is 2.93. The maximum atomic E-state index is 14.1. The van der Waals surface area contributed by atoms with E-state index in [9.17, 15) is 4.39 Å². The zero-order valence-electron chi connectivity index (χ0n) is 12.6. The Balaban J connectivity index is 2.17. The molecule has 0 aliphatic rings. The smallest absolute Gasteiger partial charge is 0.129 e. The molecule has 3 nitrogen and oxygen atoms in total. The zero-order chi connectivity index (χ0) is 15.4. The van der Waals surface area contributed by atoms with Crippen molar-refractivity contribution in [3.05, 3.63) is 52.0 Å². The van der Waals surface area contributed by atoms with Gasteiger partial charge in [0.05, 0.1) is 5.69 Å². The van der Waals surface area contributed by atoms with E-state index in [4.69, 9.17) is 0 Å². The molecule has 0 bridgehead atoms. The summed E-state index contributed by atoms with van der Waals surface area (Å²) in [5.41, 5.74) is 1.63. The highest BCUT2D eigenvalue weighted by atomic mass is 79.9. The van der Waals surface area contributed by atoms with Gasteiger partial charge in [0.15, 0.2) is 0 Å². The van der Waals surface area contributed by atoms with Crippen LogP contribution in [0.4, 0.5) is 4.39 Å². The van der Waals surface area contributed by atoms with Crippen LogP contribution in [0.1, 0.15) is 43.6 Å². The van der Waals surface area contributed by atoms with Crippen LogP contribution in [0.5, 0.6) is 0 Å². The SMILES string of the molecule is CCC(C)n1ccc(CC(NC)c2ccc(Br)cc2F)n1. The number of likely N-dealkylation sites (N-methyl/N-ethyl adjacent to an activating group) is 1. The first kappa shape index (κ1) is 16.2. The van der Waals surface area contributed by atoms with Gasteiger partial charge in [-0.25, -0.2) is 4.39 Å². The third-order valence-electron chi connectivity index (χ3n) is 3.81. The lowest BCUT2D eigenvalue weighted by Crippen LogP contribution is -2.20. The van der Waals surface area contributed by atoms with E-state index in [1.165, 1.54) is 6.07 Å². The van der Waals surface area contributed by atoms with Crippen molar-refractivity contribution in [1.29, 1.82) is 0 Å². The van der Waals surface area contributed by atoms with Gasteiger partial charge in [0.2, 0.25) is 0 Å². The summed E-state index contributed by atoms with van der Waals surface area (Å²) in [6, 6.07) is 7.48. The van der Waals surface area contributed by atoms with E-state index in [1.807, 2.05) is 36.1 Å². The van der Waals surface area contributed by atoms with E-state index in [1.54, 1.807) is 0 Å².